The molecule has 1 aromatic rings. The van der Waals surface area contributed by atoms with Crippen LogP contribution in [0.5, 0.6) is 0 Å². The van der Waals surface area contributed by atoms with Crippen LogP contribution in [0.1, 0.15) is 25.3 Å². The number of hydroxylamine groups is 1. The second-order valence-corrected chi connectivity index (χ2v) is 4.86. The summed E-state index contributed by atoms with van der Waals surface area (Å²) in [6.07, 6.45) is 0. The van der Waals surface area contributed by atoms with Gasteiger partial charge in [0.15, 0.2) is 6.61 Å². The van der Waals surface area contributed by atoms with E-state index in [1.54, 1.807) is 24.3 Å². The van der Waals surface area contributed by atoms with Gasteiger partial charge in [-0.2, -0.15) is 0 Å². The highest BCUT2D eigenvalue weighted by Crippen LogP contribution is 2.25. The van der Waals surface area contributed by atoms with Crippen molar-refractivity contribution in [2.24, 2.45) is 5.92 Å². The molecule has 0 aliphatic heterocycles. The Labute approximate surface area is 116 Å². The molecular weight excluding hydrogens is 270 g/mol. The molecule has 0 fully saturated rings. The molecule has 104 valence electrons. The smallest absolute Gasteiger partial charge is 0.332 e. The number of hydrogen-bond donors (Lipinski definition) is 2. The molecule has 0 spiro atoms. The summed E-state index contributed by atoms with van der Waals surface area (Å²) in [5.41, 5.74) is 2.96. The summed E-state index contributed by atoms with van der Waals surface area (Å²) in [5, 5.41) is 9.02. The monoisotopic (exact) mass is 285 g/mol. The van der Waals surface area contributed by atoms with Gasteiger partial charge >= 0.3 is 5.97 Å². The van der Waals surface area contributed by atoms with Crippen molar-refractivity contribution >= 4 is 23.5 Å². The summed E-state index contributed by atoms with van der Waals surface area (Å²) in [6, 6.07) is 6.95. The lowest BCUT2D eigenvalue weighted by Crippen LogP contribution is -2.33. The summed E-state index contributed by atoms with van der Waals surface area (Å²) in [6.45, 7) is 3.23. The SMILES string of the molecule is CC(C)C(C(=O)NOCC(=O)O)c1ccc(Cl)cc1. The van der Waals surface area contributed by atoms with Crippen molar-refractivity contribution in [2.45, 2.75) is 19.8 Å². The Morgan fingerprint density at radius 1 is 1.32 bits per heavy atom. The van der Waals surface area contributed by atoms with Crippen LogP contribution >= 0.6 is 11.6 Å². The molecule has 0 heterocycles. The zero-order valence-corrected chi connectivity index (χ0v) is 11.5. The van der Waals surface area contributed by atoms with Crippen LogP contribution in [-0.2, 0) is 14.4 Å². The zero-order chi connectivity index (χ0) is 14.4. The molecule has 0 aliphatic rings. The average molecular weight is 286 g/mol. The molecule has 0 bridgehead atoms. The summed E-state index contributed by atoms with van der Waals surface area (Å²) in [4.78, 5) is 26.9. The molecule has 5 nitrogen and oxygen atoms in total. The Morgan fingerprint density at radius 2 is 1.89 bits per heavy atom. The predicted molar refractivity (Wildman–Crippen MR) is 70.8 cm³/mol. The summed E-state index contributed by atoms with van der Waals surface area (Å²) < 4.78 is 0. The van der Waals surface area contributed by atoms with Crippen molar-refractivity contribution in [1.29, 1.82) is 0 Å². The Bertz CT molecular complexity index is 444. The van der Waals surface area contributed by atoms with E-state index in [0.717, 1.165) is 5.56 Å². The fourth-order valence-corrected chi connectivity index (χ4v) is 1.87. The molecule has 1 aromatic carbocycles. The standard InChI is InChI=1S/C13H16ClNO4/c1-8(2)12(9-3-5-10(14)6-4-9)13(18)15-19-7-11(16)17/h3-6,8,12H,7H2,1-2H3,(H,15,18)(H,16,17). The average Bonchev–Trinajstić information content (AvgIpc) is 2.31. The third-order valence-electron chi connectivity index (χ3n) is 2.55. The molecule has 19 heavy (non-hydrogen) atoms. The van der Waals surface area contributed by atoms with Gasteiger partial charge in [0.1, 0.15) is 0 Å². The lowest BCUT2D eigenvalue weighted by Gasteiger charge is -2.20. The number of benzene rings is 1. The normalized spacial score (nSPS) is 12.2. The number of nitrogens with one attached hydrogen (secondary N) is 1. The van der Waals surface area contributed by atoms with Crippen molar-refractivity contribution in [3.8, 4) is 0 Å². The molecule has 1 unspecified atom stereocenters. The van der Waals surface area contributed by atoms with Crippen LogP contribution < -0.4 is 5.48 Å². The number of hydrogen-bond acceptors (Lipinski definition) is 3. The van der Waals surface area contributed by atoms with Gasteiger partial charge in [-0.3, -0.25) is 9.63 Å². The molecular formula is C13H16ClNO4. The van der Waals surface area contributed by atoms with E-state index >= 15 is 0 Å². The highest BCUT2D eigenvalue weighted by Gasteiger charge is 2.24. The van der Waals surface area contributed by atoms with Gasteiger partial charge in [-0.1, -0.05) is 37.6 Å². The minimum absolute atomic E-state index is 0.0367. The van der Waals surface area contributed by atoms with Gasteiger partial charge in [0.2, 0.25) is 0 Å². The Kier molecular flexibility index (Phi) is 5.79. The van der Waals surface area contributed by atoms with Gasteiger partial charge in [0.25, 0.3) is 5.91 Å². The Hall–Kier alpha value is -1.59. The first-order valence-corrected chi connectivity index (χ1v) is 6.18. The Balaban J connectivity index is 2.74. The third kappa shape index (κ3) is 4.89. The molecule has 6 heteroatoms. The summed E-state index contributed by atoms with van der Waals surface area (Å²) in [5.74, 6) is -1.91. The zero-order valence-electron chi connectivity index (χ0n) is 10.7. The van der Waals surface area contributed by atoms with E-state index in [1.807, 2.05) is 13.8 Å². The molecule has 0 saturated heterocycles. The van der Waals surface area contributed by atoms with Crippen LogP contribution in [0.2, 0.25) is 5.02 Å². The van der Waals surface area contributed by atoms with Gasteiger partial charge in [-0.25, -0.2) is 10.3 Å². The maximum atomic E-state index is 12.0. The number of carbonyl (C=O) groups excluding carboxylic acids is 1. The second-order valence-electron chi connectivity index (χ2n) is 4.42. The minimum atomic E-state index is -1.15. The first-order chi connectivity index (χ1) is 8.91. The maximum absolute atomic E-state index is 12.0. The van der Waals surface area contributed by atoms with Gasteiger partial charge in [-0.15, -0.1) is 0 Å². The number of rotatable bonds is 6. The van der Waals surface area contributed by atoms with Crippen LogP contribution in [0.4, 0.5) is 0 Å². The van der Waals surface area contributed by atoms with Crippen molar-refractivity contribution in [3.63, 3.8) is 0 Å². The van der Waals surface area contributed by atoms with Crippen molar-refractivity contribution < 1.29 is 19.5 Å². The van der Waals surface area contributed by atoms with E-state index in [2.05, 4.69) is 10.3 Å². The summed E-state index contributed by atoms with van der Waals surface area (Å²) >= 11 is 5.80. The third-order valence-corrected chi connectivity index (χ3v) is 2.80. The van der Waals surface area contributed by atoms with Gasteiger partial charge < -0.3 is 5.11 Å². The van der Waals surface area contributed by atoms with Crippen LogP contribution in [0.3, 0.4) is 0 Å². The number of carboxylic acid groups (broad SMARTS) is 1. The van der Waals surface area contributed by atoms with Crippen molar-refractivity contribution in [3.05, 3.63) is 34.9 Å². The van der Waals surface area contributed by atoms with Crippen molar-refractivity contribution in [1.82, 2.24) is 5.48 Å². The van der Waals surface area contributed by atoms with Gasteiger partial charge in [0, 0.05) is 5.02 Å². The fraction of sp³-hybridized carbons (Fsp3) is 0.385. The number of carboxylic acids is 1. The highest BCUT2D eigenvalue weighted by molar-refractivity contribution is 6.30. The molecule has 0 radical (unpaired) electrons. The van der Waals surface area contributed by atoms with E-state index in [9.17, 15) is 9.59 Å². The van der Waals surface area contributed by atoms with E-state index in [0.29, 0.717) is 5.02 Å². The Morgan fingerprint density at radius 3 is 2.37 bits per heavy atom. The molecule has 0 saturated carbocycles. The molecule has 1 atom stereocenters. The second kappa shape index (κ2) is 7.11. The summed E-state index contributed by atoms with van der Waals surface area (Å²) in [7, 11) is 0. The van der Waals surface area contributed by atoms with Crippen LogP contribution in [0.15, 0.2) is 24.3 Å². The number of halogens is 1. The molecule has 0 aliphatic carbocycles. The number of carbonyl (C=O) groups is 2. The van der Waals surface area contributed by atoms with Gasteiger partial charge in [0.05, 0.1) is 5.92 Å². The molecule has 0 aromatic heterocycles. The highest BCUT2D eigenvalue weighted by atomic mass is 35.5. The first-order valence-electron chi connectivity index (χ1n) is 5.80. The van der Waals surface area contributed by atoms with Crippen LogP contribution in [0.25, 0.3) is 0 Å². The molecule has 1 amide bonds. The van der Waals surface area contributed by atoms with Crippen LogP contribution in [0, 0.1) is 5.92 Å². The van der Waals surface area contributed by atoms with E-state index < -0.39 is 18.5 Å². The van der Waals surface area contributed by atoms with E-state index in [1.165, 1.54) is 0 Å². The number of aliphatic carboxylic acids is 1. The van der Waals surface area contributed by atoms with Crippen LogP contribution in [-0.4, -0.2) is 23.6 Å². The topological polar surface area (TPSA) is 75.6 Å². The van der Waals surface area contributed by atoms with E-state index in [-0.39, 0.29) is 11.8 Å². The van der Waals surface area contributed by atoms with Gasteiger partial charge in [-0.05, 0) is 23.6 Å². The predicted octanol–water partition coefficient (Wildman–Crippen LogP) is 2.21. The van der Waals surface area contributed by atoms with Crippen molar-refractivity contribution in [2.75, 3.05) is 6.61 Å². The molecule has 2 N–H and O–H groups in total. The molecule has 1 rings (SSSR count). The minimum Gasteiger partial charge on any atom is -0.479 e. The lowest BCUT2D eigenvalue weighted by molar-refractivity contribution is -0.150. The van der Waals surface area contributed by atoms with E-state index in [4.69, 9.17) is 16.7 Å². The number of amides is 1. The maximum Gasteiger partial charge on any atom is 0.332 e. The largest absolute Gasteiger partial charge is 0.479 e. The quantitative estimate of drug-likeness (QED) is 0.786. The first kappa shape index (κ1) is 15.5. The fourth-order valence-electron chi connectivity index (χ4n) is 1.74. The lowest BCUT2D eigenvalue weighted by atomic mass is 9.88.